The van der Waals surface area contributed by atoms with Crippen molar-refractivity contribution in [1.29, 1.82) is 0 Å². The lowest BCUT2D eigenvalue weighted by Gasteiger charge is -2.24. The quantitative estimate of drug-likeness (QED) is 0.912. The average Bonchev–Trinajstić information content (AvgIpc) is 3.11. The van der Waals surface area contributed by atoms with Crippen LogP contribution in [0.2, 0.25) is 0 Å². The third kappa shape index (κ3) is 2.78. The van der Waals surface area contributed by atoms with E-state index >= 15 is 0 Å². The smallest absolute Gasteiger partial charge is 0.327 e. The van der Waals surface area contributed by atoms with Crippen molar-refractivity contribution < 1.29 is 14.7 Å². The van der Waals surface area contributed by atoms with E-state index in [2.05, 4.69) is 4.90 Å². The highest BCUT2D eigenvalue weighted by molar-refractivity contribution is 6.01. The van der Waals surface area contributed by atoms with Gasteiger partial charge in [0.15, 0.2) is 0 Å². The van der Waals surface area contributed by atoms with Crippen LogP contribution >= 0.6 is 0 Å². The number of hydrogen-bond acceptors (Lipinski definition) is 3. The lowest BCUT2D eigenvalue weighted by molar-refractivity contribution is -0.139. The molecule has 1 N–H and O–H groups in total. The summed E-state index contributed by atoms with van der Waals surface area (Å²) in [4.78, 5) is 27.7. The van der Waals surface area contributed by atoms with Crippen LogP contribution < -0.4 is 4.90 Å². The van der Waals surface area contributed by atoms with Crippen LogP contribution in [-0.4, -0.2) is 47.6 Å². The van der Waals surface area contributed by atoms with Gasteiger partial charge in [-0.1, -0.05) is 18.2 Å². The molecule has 0 aliphatic carbocycles. The van der Waals surface area contributed by atoms with E-state index in [4.69, 9.17) is 0 Å². The van der Waals surface area contributed by atoms with Crippen LogP contribution in [0.4, 0.5) is 5.69 Å². The minimum Gasteiger partial charge on any atom is -0.480 e. The zero-order valence-corrected chi connectivity index (χ0v) is 12.0. The van der Waals surface area contributed by atoms with Crippen molar-refractivity contribution in [2.45, 2.75) is 31.7 Å². The van der Waals surface area contributed by atoms with Gasteiger partial charge in [-0.15, -0.1) is 0 Å². The maximum Gasteiger partial charge on any atom is 0.327 e. The first kappa shape index (κ1) is 14.1. The second kappa shape index (κ2) is 5.85. The van der Waals surface area contributed by atoms with Gasteiger partial charge in [0.1, 0.15) is 6.04 Å². The van der Waals surface area contributed by atoms with Crippen LogP contribution in [0, 0.1) is 0 Å². The molecule has 0 bridgehead atoms. The molecule has 1 aromatic rings. The highest BCUT2D eigenvalue weighted by atomic mass is 16.4. The summed E-state index contributed by atoms with van der Waals surface area (Å²) in [5.74, 6) is -1.01. The molecule has 2 aliphatic rings. The van der Waals surface area contributed by atoms with Gasteiger partial charge in [-0.05, 0) is 37.6 Å². The Balaban J connectivity index is 1.73. The van der Waals surface area contributed by atoms with Crippen molar-refractivity contribution in [3.63, 3.8) is 0 Å². The molecular formula is C16H20N2O3. The topological polar surface area (TPSA) is 60.9 Å². The first-order valence-electron chi connectivity index (χ1n) is 7.52. The van der Waals surface area contributed by atoms with E-state index in [-0.39, 0.29) is 5.91 Å². The maximum absolute atomic E-state index is 12.5. The Morgan fingerprint density at radius 2 is 1.90 bits per heavy atom. The zero-order chi connectivity index (χ0) is 14.8. The molecule has 0 spiro atoms. The second-order valence-corrected chi connectivity index (χ2v) is 5.75. The Bertz CT molecular complexity index is 552. The number of nitrogens with zero attached hydrogens (tertiary/aromatic N) is 2. The van der Waals surface area contributed by atoms with Crippen molar-refractivity contribution in [3.05, 3.63) is 29.8 Å². The molecule has 0 aromatic heterocycles. The standard InChI is InChI=1S/C16H20N2O3/c19-15(7-10-17-8-3-4-9-17)18-13-6-2-1-5-12(13)11-14(18)16(20)21/h1-2,5-6,14H,3-4,7-11H2,(H,20,21)/t14-/m0/s1. The number of carbonyl (C=O) groups excluding carboxylic acids is 1. The minimum atomic E-state index is -0.930. The maximum atomic E-state index is 12.5. The van der Waals surface area contributed by atoms with Crippen molar-refractivity contribution >= 4 is 17.6 Å². The fraction of sp³-hybridized carbons (Fsp3) is 0.500. The zero-order valence-electron chi connectivity index (χ0n) is 12.0. The number of anilines is 1. The fourth-order valence-electron chi connectivity index (χ4n) is 3.27. The number of rotatable bonds is 4. The predicted octanol–water partition coefficient (Wildman–Crippen LogP) is 1.51. The lowest BCUT2D eigenvalue weighted by Crippen LogP contribution is -2.43. The largest absolute Gasteiger partial charge is 0.480 e. The molecule has 0 radical (unpaired) electrons. The number of fused-ring (bicyclic) bond motifs is 1. The predicted molar refractivity (Wildman–Crippen MR) is 79.3 cm³/mol. The Morgan fingerprint density at radius 3 is 2.62 bits per heavy atom. The van der Waals surface area contributed by atoms with E-state index in [1.807, 2.05) is 24.3 Å². The molecule has 1 fully saturated rings. The molecule has 0 saturated carbocycles. The average molecular weight is 288 g/mol. The molecule has 112 valence electrons. The van der Waals surface area contributed by atoms with Gasteiger partial charge in [-0.2, -0.15) is 0 Å². The van der Waals surface area contributed by atoms with Gasteiger partial charge in [0.05, 0.1) is 0 Å². The Morgan fingerprint density at radius 1 is 1.19 bits per heavy atom. The number of carboxylic acids is 1. The normalized spacial score (nSPS) is 21.5. The van der Waals surface area contributed by atoms with E-state index in [9.17, 15) is 14.7 Å². The lowest BCUT2D eigenvalue weighted by atomic mass is 10.1. The van der Waals surface area contributed by atoms with Gasteiger partial charge in [-0.3, -0.25) is 9.69 Å². The molecule has 3 rings (SSSR count). The van der Waals surface area contributed by atoms with Gasteiger partial charge in [-0.25, -0.2) is 4.79 Å². The van der Waals surface area contributed by atoms with Crippen LogP contribution in [0.5, 0.6) is 0 Å². The summed E-state index contributed by atoms with van der Waals surface area (Å²) in [6.07, 6.45) is 3.18. The fourth-order valence-corrected chi connectivity index (χ4v) is 3.27. The Kier molecular flexibility index (Phi) is 3.92. The van der Waals surface area contributed by atoms with Crippen molar-refractivity contribution in [3.8, 4) is 0 Å². The van der Waals surface area contributed by atoms with E-state index in [0.717, 1.165) is 30.9 Å². The van der Waals surface area contributed by atoms with Gasteiger partial charge in [0.2, 0.25) is 5.91 Å². The molecule has 2 aliphatic heterocycles. The van der Waals surface area contributed by atoms with E-state index in [1.165, 1.54) is 17.7 Å². The molecule has 1 atom stereocenters. The molecule has 2 heterocycles. The van der Waals surface area contributed by atoms with Gasteiger partial charge in [0.25, 0.3) is 0 Å². The number of aliphatic carboxylic acids is 1. The number of para-hydroxylation sites is 1. The molecule has 1 amide bonds. The van der Waals surface area contributed by atoms with Crippen LogP contribution in [0.1, 0.15) is 24.8 Å². The summed E-state index contributed by atoms with van der Waals surface area (Å²) in [5.41, 5.74) is 1.70. The SMILES string of the molecule is O=C(O)[C@@H]1Cc2ccccc2N1C(=O)CCN1CCCC1. The van der Waals surface area contributed by atoms with Crippen molar-refractivity contribution in [1.82, 2.24) is 4.90 Å². The molecule has 1 saturated heterocycles. The van der Waals surface area contributed by atoms with E-state index < -0.39 is 12.0 Å². The van der Waals surface area contributed by atoms with Crippen LogP contribution in [0.25, 0.3) is 0 Å². The van der Waals surface area contributed by atoms with Gasteiger partial charge < -0.3 is 10.0 Å². The van der Waals surface area contributed by atoms with Gasteiger partial charge in [0, 0.05) is 25.1 Å². The molecular weight excluding hydrogens is 268 g/mol. The summed E-state index contributed by atoms with van der Waals surface area (Å²) >= 11 is 0. The highest BCUT2D eigenvalue weighted by Gasteiger charge is 2.37. The second-order valence-electron chi connectivity index (χ2n) is 5.75. The van der Waals surface area contributed by atoms with E-state index in [1.54, 1.807) is 0 Å². The minimum absolute atomic E-state index is 0.0840. The molecule has 5 nitrogen and oxygen atoms in total. The number of hydrogen-bond donors (Lipinski definition) is 1. The third-order valence-electron chi connectivity index (χ3n) is 4.37. The first-order chi connectivity index (χ1) is 10.2. The molecule has 0 unspecified atom stereocenters. The molecule has 5 heteroatoms. The number of amides is 1. The summed E-state index contributed by atoms with van der Waals surface area (Å²) < 4.78 is 0. The number of carboxylic acid groups (broad SMARTS) is 1. The van der Waals surface area contributed by atoms with Crippen molar-refractivity contribution in [2.75, 3.05) is 24.5 Å². The number of likely N-dealkylation sites (tertiary alicyclic amines) is 1. The Hall–Kier alpha value is -1.88. The van der Waals surface area contributed by atoms with Crippen molar-refractivity contribution in [2.24, 2.45) is 0 Å². The number of benzene rings is 1. The van der Waals surface area contributed by atoms with Gasteiger partial charge >= 0.3 is 5.97 Å². The monoisotopic (exact) mass is 288 g/mol. The van der Waals surface area contributed by atoms with Crippen LogP contribution in [-0.2, 0) is 16.0 Å². The number of carbonyl (C=O) groups is 2. The highest BCUT2D eigenvalue weighted by Crippen LogP contribution is 2.32. The molecule has 21 heavy (non-hydrogen) atoms. The summed E-state index contributed by atoms with van der Waals surface area (Å²) in [6.45, 7) is 2.82. The summed E-state index contributed by atoms with van der Waals surface area (Å²) in [6, 6.07) is 6.72. The summed E-state index contributed by atoms with van der Waals surface area (Å²) in [5, 5.41) is 9.38. The van der Waals surface area contributed by atoms with Crippen LogP contribution in [0.15, 0.2) is 24.3 Å². The molecule has 1 aromatic carbocycles. The summed E-state index contributed by atoms with van der Waals surface area (Å²) in [7, 11) is 0. The van der Waals surface area contributed by atoms with Crippen LogP contribution in [0.3, 0.4) is 0 Å². The first-order valence-corrected chi connectivity index (χ1v) is 7.52. The third-order valence-corrected chi connectivity index (χ3v) is 4.37. The Labute approximate surface area is 124 Å². The van der Waals surface area contributed by atoms with E-state index in [0.29, 0.717) is 12.8 Å².